The minimum Gasteiger partial charge on any atom is -0.445 e. The van der Waals surface area contributed by atoms with Crippen molar-refractivity contribution in [3.8, 4) is 0 Å². The molecule has 0 aliphatic carbocycles. The molecule has 2 aliphatic rings. The molecule has 3 heterocycles. The third-order valence-corrected chi connectivity index (χ3v) is 5.04. The van der Waals surface area contributed by atoms with Gasteiger partial charge in [0, 0.05) is 6.20 Å². The van der Waals surface area contributed by atoms with Crippen LogP contribution in [0, 0.1) is 0 Å². The molecule has 0 N–H and O–H groups in total. The molecule has 4 rings (SSSR count). The van der Waals surface area contributed by atoms with Crippen LogP contribution in [0.2, 0.25) is 0 Å². The first-order valence-electron chi connectivity index (χ1n) is 9.23. The Labute approximate surface area is 165 Å². The van der Waals surface area contributed by atoms with Crippen molar-refractivity contribution in [2.45, 2.75) is 31.3 Å². The monoisotopic (exact) mass is 404 g/mol. The molecule has 8 heteroatoms. The third kappa shape index (κ3) is 4.27. The third-order valence-electron chi connectivity index (χ3n) is 5.04. The average molecular weight is 404 g/mol. The molecular formula is C21H19F3N2O3. The number of fused-ring (bicyclic) bond motifs is 2. The normalized spacial score (nSPS) is 21.5. The number of nitrogens with zero attached hydrogens (tertiary/aromatic N) is 2. The summed E-state index contributed by atoms with van der Waals surface area (Å²) in [5.41, 5.74) is 1.45. The van der Waals surface area contributed by atoms with Crippen LogP contribution in [0.15, 0.2) is 54.7 Å². The van der Waals surface area contributed by atoms with Crippen molar-refractivity contribution in [3.05, 3.63) is 71.6 Å². The van der Waals surface area contributed by atoms with E-state index in [9.17, 15) is 18.0 Å². The molecule has 2 aromatic rings. The number of aromatic nitrogens is 1. The number of ether oxygens (including phenoxy) is 2. The van der Waals surface area contributed by atoms with Crippen LogP contribution in [-0.2, 0) is 22.3 Å². The first-order chi connectivity index (χ1) is 13.9. The Morgan fingerprint density at radius 3 is 2.62 bits per heavy atom. The van der Waals surface area contributed by atoms with Crippen molar-refractivity contribution in [1.29, 1.82) is 0 Å². The quantitative estimate of drug-likeness (QED) is 0.766. The molecule has 1 amide bonds. The van der Waals surface area contributed by atoms with Gasteiger partial charge in [0.05, 0.1) is 25.3 Å². The van der Waals surface area contributed by atoms with Crippen LogP contribution in [0.5, 0.6) is 0 Å². The number of carbonyl (C=O) groups is 1. The summed E-state index contributed by atoms with van der Waals surface area (Å²) >= 11 is 0. The average Bonchev–Trinajstić information content (AvgIpc) is 2.71. The number of alkyl halides is 3. The summed E-state index contributed by atoms with van der Waals surface area (Å²) in [4.78, 5) is 17.9. The van der Waals surface area contributed by atoms with Gasteiger partial charge in [-0.2, -0.15) is 13.2 Å². The number of morpholine rings is 1. The molecule has 1 fully saturated rings. The summed E-state index contributed by atoms with van der Waals surface area (Å²) in [6.45, 7) is 0.840. The molecule has 0 saturated carbocycles. The fourth-order valence-electron chi connectivity index (χ4n) is 3.64. The standard InChI is InChI=1S/C21H19F3N2O3/c22-21(23,24)19-7-6-15(10-25-19)16-8-17-12-28-13-18(9-16)26(17)20(27)29-11-14-4-2-1-3-5-14/h1-8,10,17-18H,9,11-13H2. The lowest BCUT2D eigenvalue weighted by Crippen LogP contribution is -2.56. The Hall–Kier alpha value is -2.87. The molecule has 5 nitrogen and oxygen atoms in total. The Bertz CT molecular complexity index is 898. The Kier molecular flexibility index (Phi) is 5.27. The maximum atomic E-state index is 12.7. The van der Waals surface area contributed by atoms with Crippen LogP contribution in [0.4, 0.5) is 18.0 Å². The van der Waals surface area contributed by atoms with Crippen LogP contribution < -0.4 is 0 Å². The molecule has 1 aromatic carbocycles. The summed E-state index contributed by atoms with van der Waals surface area (Å²) in [5, 5.41) is 0. The lowest BCUT2D eigenvalue weighted by atomic mass is 9.91. The first-order valence-corrected chi connectivity index (χ1v) is 9.23. The van der Waals surface area contributed by atoms with Gasteiger partial charge in [-0.25, -0.2) is 4.79 Å². The molecule has 2 unspecified atom stereocenters. The van der Waals surface area contributed by atoms with Crippen LogP contribution in [0.25, 0.3) is 5.57 Å². The van der Waals surface area contributed by atoms with E-state index in [4.69, 9.17) is 9.47 Å². The lowest BCUT2D eigenvalue weighted by Gasteiger charge is -2.43. The molecule has 0 spiro atoms. The first kappa shape index (κ1) is 19.4. The van der Waals surface area contributed by atoms with Crippen molar-refractivity contribution < 1.29 is 27.4 Å². The van der Waals surface area contributed by atoms with Crippen molar-refractivity contribution in [1.82, 2.24) is 9.88 Å². The zero-order chi connectivity index (χ0) is 20.4. The van der Waals surface area contributed by atoms with Crippen molar-refractivity contribution in [3.63, 3.8) is 0 Å². The SMILES string of the molecule is O=C(OCc1ccccc1)N1C2C=C(c3ccc(C(F)(F)F)nc3)CC1COC2. The molecule has 1 aromatic heterocycles. The highest BCUT2D eigenvalue weighted by molar-refractivity contribution is 5.74. The number of hydrogen-bond acceptors (Lipinski definition) is 4. The zero-order valence-corrected chi connectivity index (χ0v) is 15.4. The van der Waals surface area contributed by atoms with Gasteiger partial charge in [0.1, 0.15) is 12.3 Å². The van der Waals surface area contributed by atoms with Gasteiger partial charge in [-0.1, -0.05) is 42.5 Å². The van der Waals surface area contributed by atoms with E-state index < -0.39 is 18.0 Å². The molecule has 2 bridgehead atoms. The molecule has 2 atom stereocenters. The van der Waals surface area contributed by atoms with Gasteiger partial charge in [0.2, 0.25) is 0 Å². The van der Waals surface area contributed by atoms with Gasteiger partial charge < -0.3 is 9.47 Å². The van der Waals surface area contributed by atoms with E-state index in [1.165, 1.54) is 12.3 Å². The topological polar surface area (TPSA) is 51.7 Å². The number of rotatable bonds is 3. The van der Waals surface area contributed by atoms with Crippen LogP contribution in [0.3, 0.4) is 0 Å². The Morgan fingerprint density at radius 2 is 1.97 bits per heavy atom. The van der Waals surface area contributed by atoms with E-state index in [1.54, 1.807) is 4.90 Å². The van der Waals surface area contributed by atoms with Crippen LogP contribution in [0.1, 0.15) is 23.2 Å². The van der Waals surface area contributed by atoms with Crippen molar-refractivity contribution in [2.24, 2.45) is 0 Å². The highest BCUT2D eigenvalue weighted by Crippen LogP contribution is 2.34. The molecular weight excluding hydrogens is 385 g/mol. The summed E-state index contributed by atoms with van der Waals surface area (Å²) in [6.07, 6.45) is -1.35. The zero-order valence-electron chi connectivity index (χ0n) is 15.4. The Morgan fingerprint density at radius 1 is 1.17 bits per heavy atom. The number of halogens is 3. The molecule has 29 heavy (non-hydrogen) atoms. The summed E-state index contributed by atoms with van der Waals surface area (Å²) in [7, 11) is 0. The second-order valence-electron chi connectivity index (χ2n) is 7.03. The molecule has 152 valence electrons. The second-order valence-corrected chi connectivity index (χ2v) is 7.03. The maximum Gasteiger partial charge on any atom is 0.433 e. The predicted molar refractivity (Wildman–Crippen MR) is 98.7 cm³/mol. The fraction of sp³-hybridized carbons (Fsp3) is 0.333. The number of amides is 1. The van der Waals surface area contributed by atoms with Crippen LogP contribution in [-0.4, -0.2) is 41.3 Å². The van der Waals surface area contributed by atoms with E-state index in [1.807, 2.05) is 36.4 Å². The highest BCUT2D eigenvalue weighted by Gasteiger charge is 2.39. The van der Waals surface area contributed by atoms with Gasteiger partial charge in [0.15, 0.2) is 0 Å². The summed E-state index contributed by atoms with van der Waals surface area (Å²) in [6, 6.07) is 11.2. The minimum absolute atomic E-state index is 0.176. The predicted octanol–water partition coefficient (Wildman–Crippen LogP) is 4.29. The van der Waals surface area contributed by atoms with Crippen molar-refractivity contribution >= 4 is 11.7 Å². The largest absolute Gasteiger partial charge is 0.445 e. The summed E-state index contributed by atoms with van der Waals surface area (Å²) < 4.78 is 49.2. The lowest BCUT2D eigenvalue weighted by molar-refractivity contribution is -0.141. The minimum atomic E-state index is -4.47. The van der Waals surface area contributed by atoms with E-state index in [2.05, 4.69) is 4.98 Å². The second kappa shape index (κ2) is 7.87. The van der Waals surface area contributed by atoms with E-state index in [0.717, 1.165) is 17.2 Å². The number of carbonyl (C=O) groups excluding carboxylic acids is 1. The number of benzene rings is 1. The maximum absolute atomic E-state index is 12.7. The van der Waals surface area contributed by atoms with E-state index in [-0.39, 0.29) is 18.7 Å². The smallest absolute Gasteiger partial charge is 0.433 e. The summed E-state index contributed by atoms with van der Waals surface area (Å²) in [5.74, 6) is 0. The van der Waals surface area contributed by atoms with Gasteiger partial charge in [-0.05, 0) is 29.2 Å². The molecule has 1 saturated heterocycles. The fourth-order valence-corrected chi connectivity index (χ4v) is 3.64. The molecule has 0 radical (unpaired) electrons. The van der Waals surface area contributed by atoms with E-state index >= 15 is 0 Å². The van der Waals surface area contributed by atoms with Gasteiger partial charge in [-0.15, -0.1) is 0 Å². The Balaban J connectivity index is 1.49. The van der Waals surface area contributed by atoms with E-state index in [0.29, 0.717) is 25.2 Å². The number of hydrogen-bond donors (Lipinski definition) is 0. The van der Waals surface area contributed by atoms with Gasteiger partial charge in [0.25, 0.3) is 0 Å². The highest BCUT2D eigenvalue weighted by atomic mass is 19.4. The number of pyridine rings is 1. The van der Waals surface area contributed by atoms with Crippen LogP contribution >= 0.6 is 0 Å². The van der Waals surface area contributed by atoms with Crippen molar-refractivity contribution in [2.75, 3.05) is 13.2 Å². The van der Waals surface area contributed by atoms with Gasteiger partial charge >= 0.3 is 12.3 Å². The molecule has 2 aliphatic heterocycles. The van der Waals surface area contributed by atoms with Gasteiger partial charge in [-0.3, -0.25) is 9.88 Å².